The fourth-order valence-electron chi connectivity index (χ4n) is 3.21. The first-order valence-corrected chi connectivity index (χ1v) is 10.3. The Balaban J connectivity index is 1.77. The van der Waals surface area contributed by atoms with Gasteiger partial charge in [0.1, 0.15) is 17.3 Å². The lowest BCUT2D eigenvalue weighted by molar-refractivity contribution is -0.143. The molecule has 2 aromatic carbocycles. The van der Waals surface area contributed by atoms with E-state index in [9.17, 15) is 14.4 Å². The van der Waals surface area contributed by atoms with Crippen LogP contribution in [0.2, 0.25) is 5.02 Å². The van der Waals surface area contributed by atoms with Crippen molar-refractivity contribution in [2.24, 2.45) is 5.92 Å². The van der Waals surface area contributed by atoms with Gasteiger partial charge in [-0.05, 0) is 43.2 Å². The van der Waals surface area contributed by atoms with Gasteiger partial charge in [-0.3, -0.25) is 14.4 Å². The Bertz CT molecular complexity index is 1180. The molecule has 0 bridgehead atoms. The highest BCUT2D eigenvalue weighted by molar-refractivity contribution is 6.34. The van der Waals surface area contributed by atoms with Crippen LogP contribution in [0.25, 0.3) is 22.3 Å². The van der Waals surface area contributed by atoms with Crippen molar-refractivity contribution < 1.29 is 23.8 Å². The number of hydrogen-bond donors (Lipinski definition) is 1. The molecule has 0 saturated carbocycles. The molecule has 1 atom stereocenters. The zero-order valence-electron chi connectivity index (χ0n) is 17.3. The molecule has 0 saturated heterocycles. The highest BCUT2D eigenvalue weighted by Crippen LogP contribution is 2.33. The second-order valence-corrected chi connectivity index (χ2v) is 7.93. The number of carboxylic acid groups (broad SMARTS) is 1. The van der Waals surface area contributed by atoms with Gasteiger partial charge in [-0.25, -0.2) is 0 Å². The van der Waals surface area contributed by atoms with Crippen LogP contribution in [0.3, 0.4) is 0 Å². The molecule has 6 nitrogen and oxygen atoms in total. The van der Waals surface area contributed by atoms with E-state index in [1.54, 1.807) is 18.2 Å². The van der Waals surface area contributed by atoms with Crippen molar-refractivity contribution in [3.8, 4) is 17.1 Å². The molecule has 0 amide bonds. The van der Waals surface area contributed by atoms with Crippen molar-refractivity contribution >= 4 is 34.3 Å². The predicted molar refractivity (Wildman–Crippen MR) is 119 cm³/mol. The van der Waals surface area contributed by atoms with Gasteiger partial charge in [0, 0.05) is 18.9 Å². The Kier molecular flexibility index (Phi) is 7.13. The molecule has 1 aromatic heterocycles. The van der Waals surface area contributed by atoms with Crippen molar-refractivity contribution in [2.45, 2.75) is 33.1 Å². The number of hydrogen-bond acceptors (Lipinski definition) is 5. The van der Waals surface area contributed by atoms with E-state index >= 15 is 0 Å². The number of benzene rings is 2. The summed E-state index contributed by atoms with van der Waals surface area (Å²) in [4.78, 5) is 35.3. The quantitative estimate of drug-likeness (QED) is 0.454. The van der Waals surface area contributed by atoms with Crippen LogP contribution in [-0.4, -0.2) is 23.5 Å². The summed E-state index contributed by atoms with van der Waals surface area (Å²) in [5.74, 6) is -0.920. The van der Waals surface area contributed by atoms with Crippen molar-refractivity contribution in [3.63, 3.8) is 0 Å². The van der Waals surface area contributed by atoms with Gasteiger partial charge >= 0.3 is 5.97 Å². The monoisotopic (exact) mass is 442 g/mol. The number of halogens is 1. The average Bonchev–Trinajstić information content (AvgIpc) is 2.72. The van der Waals surface area contributed by atoms with Crippen LogP contribution in [0.15, 0.2) is 51.7 Å². The Labute approximate surface area is 184 Å². The summed E-state index contributed by atoms with van der Waals surface area (Å²) in [6.45, 7) is 3.70. The first-order valence-electron chi connectivity index (χ1n) is 9.97. The molecule has 1 N–H and O–H groups in total. The largest absolute Gasteiger partial charge is 0.493 e. The average molecular weight is 443 g/mol. The van der Waals surface area contributed by atoms with Crippen LogP contribution in [-0.2, 0) is 9.59 Å². The molecule has 1 heterocycles. The van der Waals surface area contributed by atoms with Gasteiger partial charge in [0.15, 0.2) is 11.0 Å². The third kappa shape index (κ3) is 5.52. The number of carboxylic acids is 1. The number of rotatable bonds is 9. The molecule has 162 valence electrons. The lowest BCUT2D eigenvalue weighted by atomic mass is 10.0. The van der Waals surface area contributed by atoms with Gasteiger partial charge in [0.25, 0.3) is 0 Å². The van der Waals surface area contributed by atoms with Crippen LogP contribution in [0.4, 0.5) is 0 Å². The zero-order valence-corrected chi connectivity index (χ0v) is 18.1. The van der Waals surface area contributed by atoms with Crippen molar-refractivity contribution in [2.75, 3.05) is 6.61 Å². The molecule has 0 radical (unpaired) electrons. The number of para-hydroxylation sites is 1. The maximum atomic E-state index is 12.5. The zero-order chi connectivity index (χ0) is 22.5. The third-order valence-corrected chi connectivity index (χ3v) is 5.22. The maximum absolute atomic E-state index is 12.5. The Morgan fingerprint density at radius 2 is 1.97 bits per heavy atom. The second-order valence-electron chi connectivity index (χ2n) is 7.53. The summed E-state index contributed by atoms with van der Waals surface area (Å²) < 4.78 is 11.8. The topological polar surface area (TPSA) is 93.8 Å². The van der Waals surface area contributed by atoms with E-state index in [1.165, 1.54) is 13.0 Å². The smallest absolute Gasteiger partial charge is 0.306 e. The molecule has 0 aliphatic heterocycles. The maximum Gasteiger partial charge on any atom is 0.306 e. The summed E-state index contributed by atoms with van der Waals surface area (Å²) in [5.41, 5.74) is 1.68. The number of ketones is 1. The highest BCUT2D eigenvalue weighted by atomic mass is 35.5. The summed E-state index contributed by atoms with van der Waals surface area (Å²) in [5, 5.41) is 9.65. The number of aliphatic carboxylic acids is 1. The van der Waals surface area contributed by atoms with Gasteiger partial charge in [0.2, 0.25) is 0 Å². The predicted octanol–water partition coefficient (Wildman–Crippen LogP) is 5.26. The van der Waals surface area contributed by atoms with Crippen LogP contribution in [0.5, 0.6) is 5.75 Å². The number of carbonyl (C=O) groups excluding carboxylic acids is 1. The summed E-state index contributed by atoms with van der Waals surface area (Å²) >= 11 is 6.21. The molecular weight excluding hydrogens is 420 g/mol. The van der Waals surface area contributed by atoms with Gasteiger partial charge in [-0.15, -0.1) is 0 Å². The minimum absolute atomic E-state index is 0.00797. The fraction of sp³-hybridized carbons (Fsp3) is 0.292. The van der Waals surface area contributed by atoms with E-state index in [1.807, 2.05) is 25.1 Å². The number of aryl methyl sites for hydroxylation is 1. The second kappa shape index (κ2) is 9.79. The fourth-order valence-corrected chi connectivity index (χ4v) is 3.42. The van der Waals surface area contributed by atoms with E-state index in [2.05, 4.69) is 0 Å². The number of ether oxygens (including phenoxy) is 1. The molecule has 31 heavy (non-hydrogen) atoms. The summed E-state index contributed by atoms with van der Waals surface area (Å²) in [6, 6.07) is 12.0. The van der Waals surface area contributed by atoms with Crippen molar-refractivity contribution in [1.29, 1.82) is 0 Å². The number of carbonyl (C=O) groups is 2. The van der Waals surface area contributed by atoms with Crippen LogP contribution in [0.1, 0.15) is 31.7 Å². The molecule has 3 rings (SSSR count). The highest BCUT2D eigenvalue weighted by Gasteiger charge is 2.16. The van der Waals surface area contributed by atoms with Gasteiger partial charge in [0.05, 0.1) is 28.5 Å². The lowest BCUT2D eigenvalue weighted by Gasteiger charge is -2.13. The van der Waals surface area contributed by atoms with Crippen LogP contribution >= 0.6 is 11.6 Å². The molecule has 3 aromatic rings. The van der Waals surface area contributed by atoms with E-state index in [4.69, 9.17) is 25.9 Å². The van der Waals surface area contributed by atoms with Gasteiger partial charge < -0.3 is 14.3 Å². The standard InChI is InChI=1S/C24H23ClO6/c1-14-8-9-18(22-13-20(27)17-6-3-7-19(25)23(17)31-22)21(11-14)30-10-4-5-16(26)12-15(2)24(28)29/h3,6-9,11,13,15H,4-5,10,12H2,1-2H3,(H,28,29)/t15-/m1/s1. The first kappa shape index (κ1) is 22.6. The number of Topliss-reactive ketones (excluding diaryl/α,β-unsaturated/α-hetero) is 1. The summed E-state index contributed by atoms with van der Waals surface area (Å²) in [7, 11) is 0. The lowest BCUT2D eigenvalue weighted by Crippen LogP contribution is -2.15. The van der Waals surface area contributed by atoms with Crippen LogP contribution < -0.4 is 10.2 Å². The number of fused-ring (bicyclic) bond motifs is 1. The molecule has 0 aliphatic rings. The van der Waals surface area contributed by atoms with Crippen molar-refractivity contribution in [3.05, 3.63) is 63.3 Å². The van der Waals surface area contributed by atoms with E-state index < -0.39 is 11.9 Å². The van der Waals surface area contributed by atoms with Crippen molar-refractivity contribution in [1.82, 2.24) is 0 Å². The normalized spacial score (nSPS) is 12.0. The van der Waals surface area contributed by atoms with E-state index in [0.29, 0.717) is 39.5 Å². The Morgan fingerprint density at radius 1 is 1.19 bits per heavy atom. The first-order chi connectivity index (χ1) is 14.8. The third-order valence-electron chi connectivity index (χ3n) is 4.92. The molecule has 0 aliphatic carbocycles. The van der Waals surface area contributed by atoms with Crippen LogP contribution in [0, 0.1) is 12.8 Å². The minimum atomic E-state index is -0.981. The molecular formula is C24H23ClO6. The molecule has 7 heteroatoms. The van der Waals surface area contributed by atoms with Gasteiger partial charge in [-0.1, -0.05) is 30.7 Å². The minimum Gasteiger partial charge on any atom is -0.493 e. The SMILES string of the molecule is Cc1ccc(-c2cc(=O)c3cccc(Cl)c3o2)c(OCCCC(=O)C[C@@H](C)C(=O)O)c1. The molecule has 0 spiro atoms. The van der Waals surface area contributed by atoms with E-state index in [-0.39, 0.29) is 30.7 Å². The Morgan fingerprint density at radius 3 is 2.71 bits per heavy atom. The Hall–Kier alpha value is -3.12. The molecule has 0 fully saturated rings. The summed E-state index contributed by atoms with van der Waals surface area (Å²) in [6.07, 6.45) is 0.694. The van der Waals surface area contributed by atoms with E-state index in [0.717, 1.165) is 5.56 Å². The molecule has 0 unspecified atom stereocenters. The van der Waals surface area contributed by atoms with Gasteiger partial charge in [-0.2, -0.15) is 0 Å².